The minimum Gasteiger partial charge on any atom is -0.463 e. The van der Waals surface area contributed by atoms with Crippen molar-refractivity contribution in [2.24, 2.45) is 5.73 Å². The molecule has 132 valence electrons. The highest BCUT2D eigenvalue weighted by Gasteiger charge is 2.37. The first-order chi connectivity index (χ1) is 11.9. The molecule has 0 aromatic heterocycles. The van der Waals surface area contributed by atoms with Crippen LogP contribution in [0, 0.1) is 11.3 Å². The summed E-state index contributed by atoms with van der Waals surface area (Å²) in [6.45, 7) is 4.31. The largest absolute Gasteiger partial charge is 0.463 e. The molecule has 6 heteroatoms. The number of hydrogen-bond donors (Lipinski definition) is 1. The molecule has 1 heterocycles. The van der Waals surface area contributed by atoms with Gasteiger partial charge in [0.2, 0.25) is 5.88 Å². The van der Waals surface area contributed by atoms with Gasteiger partial charge in [0.25, 0.3) is 0 Å². The van der Waals surface area contributed by atoms with Crippen molar-refractivity contribution >= 4 is 5.97 Å². The molecule has 0 amide bonds. The molecule has 2 rings (SSSR count). The lowest BCUT2D eigenvalue weighted by atomic mass is 9.81. The summed E-state index contributed by atoms with van der Waals surface area (Å²) in [6, 6.07) is 9.81. The van der Waals surface area contributed by atoms with Crippen LogP contribution in [0.4, 0.5) is 0 Å². The normalized spacial score (nSPS) is 17.4. The molecule has 2 N–H and O–H groups in total. The Labute approximate surface area is 148 Å². The quantitative estimate of drug-likeness (QED) is 0.827. The fraction of sp³-hybridized carbons (Fsp3) is 0.368. The average Bonchev–Trinajstić information content (AvgIpc) is 2.54. The molecular weight excluding hydrogens is 318 g/mol. The fourth-order valence-corrected chi connectivity index (χ4v) is 2.97. The standard InChI is InChI=1S/C19H23N3O3/c1-5-24-19(23)16-12(2)25-18(21)15(10-20)17(16)14-9-7-6-8-13(14)11-22(3)4/h6-9,17H,5,11,21H2,1-4H3. The first-order valence-electron chi connectivity index (χ1n) is 8.08. The van der Waals surface area contributed by atoms with Gasteiger partial charge in [0, 0.05) is 6.54 Å². The summed E-state index contributed by atoms with van der Waals surface area (Å²) >= 11 is 0. The molecule has 1 aromatic rings. The number of esters is 1. The Morgan fingerprint density at radius 1 is 1.40 bits per heavy atom. The van der Waals surface area contributed by atoms with Gasteiger partial charge in [-0.1, -0.05) is 24.3 Å². The number of allylic oxidation sites excluding steroid dienone is 2. The zero-order valence-electron chi connectivity index (χ0n) is 15.0. The number of nitrogens with two attached hydrogens (primary N) is 1. The third kappa shape index (κ3) is 3.83. The molecule has 25 heavy (non-hydrogen) atoms. The molecule has 0 radical (unpaired) electrons. The van der Waals surface area contributed by atoms with Crippen LogP contribution >= 0.6 is 0 Å². The minimum absolute atomic E-state index is 0.0257. The maximum atomic E-state index is 12.6. The average molecular weight is 341 g/mol. The number of ether oxygens (including phenoxy) is 2. The molecule has 6 nitrogen and oxygen atoms in total. The minimum atomic E-state index is -0.603. The van der Waals surface area contributed by atoms with E-state index in [0.717, 1.165) is 11.1 Å². The summed E-state index contributed by atoms with van der Waals surface area (Å²) in [6.07, 6.45) is 0. The van der Waals surface area contributed by atoms with E-state index in [4.69, 9.17) is 15.2 Å². The first kappa shape index (κ1) is 18.6. The van der Waals surface area contributed by atoms with E-state index in [-0.39, 0.29) is 18.1 Å². The zero-order chi connectivity index (χ0) is 18.6. The molecule has 1 aromatic carbocycles. The maximum Gasteiger partial charge on any atom is 0.338 e. The van der Waals surface area contributed by atoms with Gasteiger partial charge >= 0.3 is 5.97 Å². The lowest BCUT2D eigenvalue weighted by molar-refractivity contribution is -0.139. The second-order valence-electron chi connectivity index (χ2n) is 6.05. The Morgan fingerprint density at radius 3 is 2.68 bits per heavy atom. The molecule has 0 saturated carbocycles. The van der Waals surface area contributed by atoms with Gasteiger partial charge in [-0.25, -0.2) is 4.79 Å². The number of hydrogen-bond acceptors (Lipinski definition) is 6. The zero-order valence-corrected chi connectivity index (χ0v) is 15.0. The van der Waals surface area contributed by atoms with Crippen LogP contribution in [0.2, 0.25) is 0 Å². The lowest BCUT2D eigenvalue weighted by Crippen LogP contribution is -2.26. The molecule has 1 unspecified atom stereocenters. The van der Waals surface area contributed by atoms with Crippen LogP contribution in [-0.2, 0) is 20.8 Å². The van der Waals surface area contributed by atoms with Crippen LogP contribution in [0.1, 0.15) is 30.9 Å². The van der Waals surface area contributed by atoms with Crippen molar-refractivity contribution in [3.05, 3.63) is 58.2 Å². The molecular formula is C19H23N3O3. The van der Waals surface area contributed by atoms with Gasteiger partial charge in [0.05, 0.1) is 18.1 Å². The second kappa shape index (κ2) is 7.86. The summed E-state index contributed by atoms with van der Waals surface area (Å²) in [5.74, 6) is -0.712. The van der Waals surface area contributed by atoms with Crippen molar-refractivity contribution in [3.63, 3.8) is 0 Å². The van der Waals surface area contributed by atoms with Gasteiger partial charge in [-0.3, -0.25) is 0 Å². The number of carbonyl (C=O) groups excluding carboxylic acids is 1. The lowest BCUT2D eigenvalue weighted by Gasteiger charge is -2.28. The van der Waals surface area contributed by atoms with Crippen molar-refractivity contribution in [2.45, 2.75) is 26.3 Å². The van der Waals surface area contributed by atoms with Gasteiger partial charge in [-0.2, -0.15) is 5.26 Å². The SMILES string of the molecule is CCOC(=O)C1=C(C)OC(N)=C(C#N)C1c1ccccc1CN(C)C. The van der Waals surface area contributed by atoms with E-state index >= 15 is 0 Å². The van der Waals surface area contributed by atoms with Gasteiger partial charge < -0.3 is 20.1 Å². The summed E-state index contributed by atoms with van der Waals surface area (Å²) in [5.41, 5.74) is 8.33. The Bertz CT molecular complexity index is 772. The third-order valence-corrected chi connectivity index (χ3v) is 3.95. The molecule has 1 atom stereocenters. The maximum absolute atomic E-state index is 12.6. The monoisotopic (exact) mass is 341 g/mol. The van der Waals surface area contributed by atoms with E-state index in [0.29, 0.717) is 17.9 Å². The van der Waals surface area contributed by atoms with Gasteiger partial charge in [-0.05, 0) is 39.1 Å². The molecule has 0 saturated heterocycles. The third-order valence-electron chi connectivity index (χ3n) is 3.95. The van der Waals surface area contributed by atoms with Crippen LogP contribution in [0.5, 0.6) is 0 Å². The van der Waals surface area contributed by atoms with Crippen molar-refractivity contribution in [2.75, 3.05) is 20.7 Å². The Morgan fingerprint density at radius 2 is 2.08 bits per heavy atom. The van der Waals surface area contributed by atoms with Crippen molar-refractivity contribution in [1.82, 2.24) is 4.90 Å². The smallest absolute Gasteiger partial charge is 0.338 e. The summed E-state index contributed by atoms with van der Waals surface area (Å²) in [7, 11) is 3.92. The second-order valence-corrected chi connectivity index (χ2v) is 6.05. The number of rotatable bonds is 5. The van der Waals surface area contributed by atoms with Gasteiger partial charge in [0.15, 0.2) is 0 Å². The predicted molar refractivity (Wildman–Crippen MR) is 93.8 cm³/mol. The van der Waals surface area contributed by atoms with Crippen molar-refractivity contribution < 1.29 is 14.3 Å². The number of nitriles is 1. The molecule has 1 aliphatic heterocycles. The molecule has 0 spiro atoms. The molecule has 0 aliphatic carbocycles. The van der Waals surface area contributed by atoms with Crippen LogP contribution in [-0.4, -0.2) is 31.6 Å². The topological polar surface area (TPSA) is 88.6 Å². The number of nitrogens with zero attached hydrogens (tertiary/aromatic N) is 2. The van der Waals surface area contributed by atoms with E-state index in [1.165, 1.54) is 0 Å². The fourth-order valence-electron chi connectivity index (χ4n) is 2.97. The highest BCUT2D eigenvalue weighted by Crippen LogP contribution is 2.40. The molecule has 0 fully saturated rings. The van der Waals surface area contributed by atoms with Crippen LogP contribution < -0.4 is 5.73 Å². The van der Waals surface area contributed by atoms with Crippen LogP contribution in [0.3, 0.4) is 0 Å². The summed E-state index contributed by atoms with van der Waals surface area (Å²) in [5, 5.41) is 9.63. The Hall–Kier alpha value is -2.78. The number of benzene rings is 1. The first-order valence-corrected chi connectivity index (χ1v) is 8.08. The highest BCUT2D eigenvalue weighted by molar-refractivity contribution is 5.92. The molecule has 1 aliphatic rings. The van der Waals surface area contributed by atoms with E-state index in [1.54, 1.807) is 13.8 Å². The van der Waals surface area contributed by atoms with Crippen LogP contribution in [0.25, 0.3) is 0 Å². The summed E-state index contributed by atoms with van der Waals surface area (Å²) in [4.78, 5) is 14.6. The van der Waals surface area contributed by atoms with Crippen molar-refractivity contribution in [3.8, 4) is 6.07 Å². The number of carbonyl (C=O) groups is 1. The Kier molecular flexibility index (Phi) is 5.84. The van der Waals surface area contributed by atoms with E-state index in [9.17, 15) is 10.1 Å². The van der Waals surface area contributed by atoms with E-state index < -0.39 is 11.9 Å². The van der Waals surface area contributed by atoms with E-state index in [2.05, 4.69) is 6.07 Å². The highest BCUT2D eigenvalue weighted by atomic mass is 16.5. The summed E-state index contributed by atoms with van der Waals surface area (Å²) < 4.78 is 10.6. The van der Waals surface area contributed by atoms with E-state index in [1.807, 2.05) is 43.3 Å². The van der Waals surface area contributed by atoms with Gasteiger partial charge in [-0.15, -0.1) is 0 Å². The Balaban J connectivity index is 2.66. The van der Waals surface area contributed by atoms with Crippen LogP contribution in [0.15, 0.2) is 47.1 Å². The molecule has 0 bridgehead atoms. The van der Waals surface area contributed by atoms with Gasteiger partial charge in [0.1, 0.15) is 17.4 Å². The predicted octanol–water partition coefficient (Wildman–Crippen LogP) is 2.39. The van der Waals surface area contributed by atoms with Crippen molar-refractivity contribution in [1.29, 1.82) is 5.26 Å².